The van der Waals surface area contributed by atoms with Crippen LogP contribution in [0, 0.1) is 0 Å². The van der Waals surface area contributed by atoms with E-state index in [1.54, 1.807) is 4.67 Å². The van der Waals surface area contributed by atoms with E-state index in [-0.39, 0.29) is 6.61 Å². The fraction of sp³-hybridized carbons (Fsp3) is 1.00. The Hall–Kier alpha value is 1.84. The smallest absolute Gasteiger partial charge is 0.363 e. The van der Waals surface area contributed by atoms with Gasteiger partial charge in [0.2, 0.25) is 0 Å². The molecule has 1 fully saturated rings. The number of alkyl halides is 3. The maximum atomic E-state index is 12.0. The monoisotopic (exact) mass is 447 g/mol. The van der Waals surface area contributed by atoms with Crippen LogP contribution in [0.25, 0.3) is 0 Å². The van der Waals surface area contributed by atoms with Crippen molar-refractivity contribution in [3.8, 4) is 0 Å². The van der Waals surface area contributed by atoms with E-state index in [9.17, 15) is 4.57 Å². The van der Waals surface area contributed by atoms with Gasteiger partial charge >= 0.3 is 6.87 Å². The Kier molecular flexibility index (Phi) is 6.10. The number of rotatable bonds is 3. The number of hydrogen-bond donors (Lipinski definition) is 0. The third-order valence-electron chi connectivity index (χ3n) is 1.71. The summed E-state index contributed by atoms with van der Waals surface area (Å²) in [7, 11) is 0. The number of morpholine rings is 1. The Morgan fingerprint density at radius 3 is 2.40 bits per heavy atom. The average molecular weight is 450 g/mol. The summed E-state index contributed by atoms with van der Waals surface area (Å²) in [4.78, 5) is 0. The highest BCUT2D eigenvalue weighted by atomic mass is 80.0. The Morgan fingerprint density at radius 2 is 1.93 bits per heavy atom. The molecule has 1 saturated heterocycles. The molecule has 0 aliphatic carbocycles. The molecular weight excluding hydrogens is 440 g/mol. The quantitative estimate of drug-likeness (QED) is 0.488. The molecule has 0 N–H and O–H groups in total. The van der Waals surface area contributed by atoms with E-state index in [0.717, 1.165) is 0 Å². The van der Waals surface area contributed by atoms with Gasteiger partial charge in [0.25, 0.3) is 0 Å². The predicted molar refractivity (Wildman–Crippen MR) is 71.3 cm³/mol. The molecule has 1 atom stereocenters. The lowest BCUT2D eigenvalue weighted by Crippen LogP contribution is -2.33. The van der Waals surface area contributed by atoms with Gasteiger partial charge in [-0.2, -0.15) is 0 Å². The molecule has 1 heterocycles. The second-order valence-electron chi connectivity index (χ2n) is 2.91. The van der Waals surface area contributed by atoms with Crippen LogP contribution in [0.4, 0.5) is 0 Å². The van der Waals surface area contributed by atoms with Gasteiger partial charge in [-0.3, -0.25) is 4.57 Å². The summed E-state index contributed by atoms with van der Waals surface area (Å²) in [6.45, 7) is -0.968. The van der Waals surface area contributed by atoms with Crippen LogP contribution in [0.2, 0.25) is 0 Å². The van der Waals surface area contributed by atoms with Crippen molar-refractivity contribution in [3.05, 3.63) is 0 Å². The van der Waals surface area contributed by atoms with Crippen LogP contribution >= 0.6 is 65.9 Å². The minimum absolute atomic E-state index is 0.144. The second kappa shape index (κ2) is 6.14. The van der Waals surface area contributed by atoms with E-state index in [2.05, 4.69) is 47.8 Å². The van der Waals surface area contributed by atoms with E-state index < -0.39 is 9.02 Å². The molecule has 0 bridgehead atoms. The second-order valence-corrected chi connectivity index (χ2v) is 13.2. The molecule has 0 saturated carbocycles. The van der Waals surface area contributed by atoms with Crippen LogP contribution < -0.4 is 0 Å². The molecule has 0 aromatic heterocycles. The van der Waals surface area contributed by atoms with Crippen LogP contribution in [0.5, 0.6) is 0 Å². The van der Waals surface area contributed by atoms with Gasteiger partial charge in [-0.05, 0) is 11.2 Å². The van der Waals surface area contributed by atoms with Gasteiger partial charge in [0.15, 0.2) is 2.14 Å². The molecule has 0 unspecified atom stereocenters. The van der Waals surface area contributed by atoms with Crippen LogP contribution in [0.15, 0.2) is 0 Å². The largest absolute Gasteiger partial charge is 0.379 e. The SMILES string of the molecule is O=[P@](Cl)(OCC(Br)(Br)Br)N1CCOCC1. The molecule has 0 spiro atoms. The molecule has 15 heavy (non-hydrogen) atoms. The van der Waals surface area contributed by atoms with E-state index in [0.29, 0.717) is 26.3 Å². The maximum absolute atomic E-state index is 12.0. The third kappa shape index (κ3) is 5.82. The van der Waals surface area contributed by atoms with Gasteiger partial charge in [-0.15, -0.1) is 0 Å². The van der Waals surface area contributed by atoms with Crippen molar-refractivity contribution >= 4 is 65.9 Å². The highest BCUT2D eigenvalue weighted by Gasteiger charge is 2.33. The summed E-state index contributed by atoms with van der Waals surface area (Å²) < 4.78 is 23.3. The predicted octanol–water partition coefficient (Wildman–Crippen LogP) is 3.52. The molecule has 4 nitrogen and oxygen atoms in total. The van der Waals surface area contributed by atoms with Gasteiger partial charge in [-0.1, -0.05) is 47.8 Å². The Morgan fingerprint density at radius 1 is 1.40 bits per heavy atom. The fourth-order valence-corrected chi connectivity index (χ4v) is 3.66. The molecule has 0 radical (unpaired) electrons. The zero-order valence-electron chi connectivity index (χ0n) is 7.67. The first-order valence-corrected chi connectivity index (χ1v) is 9.01. The van der Waals surface area contributed by atoms with Crippen LogP contribution in [0.1, 0.15) is 0 Å². The zero-order valence-corrected chi connectivity index (χ0v) is 14.1. The normalized spacial score (nSPS) is 23.7. The van der Waals surface area contributed by atoms with Gasteiger partial charge in [-0.25, -0.2) is 4.67 Å². The summed E-state index contributed by atoms with van der Waals surface area (Å²) >= 11 is 15.6. The van der Waals surface area contributed by atoms with Crippen LogP contribution in [-0.4, -0.2) is 39.7 Å². The van der Waals surface area contributed by atoms with Gasteiger partial charge in [0, 0.05) is 13.1 Å². The molecule has 1 aliphatic heterocycles. The molecule has 0 amide bonds. The molecule has 0 aromatic rings. The lowest BCUT2D eigenvalue weighted by Gasteiger charge is -2.30. The van der Waals surface area contributed by atoms with Crippen LogP contribution in [-0.2, 0) is 13.8 Å². The van der Waals surface area contributed by atoms with Gasteiger partial charge < -0.3 is 9.26 Å². The lowest BCUT2D eigenvalue weighted by atomic mass is 10.5. The molecule has 0 aromatic carbocycles. The molecule has 90 valence electrons. The van der Waals surface area contributed by atoms with E-state index in [4.69, 9.17) is 20.5 Å². The first-order chi connectivity index (χ1) is 6.81. The Balaban J connectivity index is 2.46. The minimum atomic E-state index is -3.23. The molecule has 9 heteroatoms. The van der Waals surface area contributed by atoms with Crippen molar-refractivity contribution in [1.29, 1.82) is 0 Å². The Labute approximate surface area is 119 Å². The summed E-state index contributed by atoms with van der Waals surface area (Å²) in [5, 5.41) is 0. The Bertz CT molecular complexity index is 256. The average Bonchev–Trinajstić information content (AvgIpc) is 2.16. The summed E-state index contributed by atoms with van der Waals surface area (Å²) in [6.07, 6.45) is 0. The summed E-state index contributed by atoms with van der Waals surface area (Å²) in [5.74, 6) is 0. The first-order valence-electron chi connectivity index (χ1n) is 4.15. The van der Waals surface area contributed by atoms with Crippen molar-refractivity contribution < 1.29 is 13.8 Å². The first kappa shape index (κ1) is 14.9. The maximum Gasteiger partial charge on any atom is 0.363 e. The highest BCUT2D eigenvalue weighted by molar-refractivity contribution is 9.39. The topological polar surface area (TPSA) is 38.8 Å². The van der Waals surface area contributed by atoms with E-state index in [1.165, 1.54) is 0 Å². The summed E-state index contributed by atoms with van der Waals surface area (Å²) in [5.41, 5.74) is 0. The van der Waals surface area contributed by atoms with Crippen molar-refractivity contribution in [1.82, 2.24) is 4.67 Å². The standard InChI is InChI=1S/C6H10Br3ClNO3P/c7-6(8,9)5-14-15(10,12)11-1-3-13-4-2-11/h1-5H2/t15-/m1/s1. The minimum Gasteiger partial charge on any atom is -0.379 e. The van der Waals surface area contributed by atoms with Gasteiger partial charge in [0.05, 0.1) is 19.8 Å². The zero-order chi connectivity index (χ0) is 11.5. The van der Waals surface area contributed by atoms with Crippen molar-refractivity contribution in [3.63, 3.8) is 0 Å². The molecular formula is C6H10Br3ClNO3P. The molecule has 1 rings (SSSR count). The number of ether oxygens (including phenoxy) is 1. The van der Waals surface area contributed by atoms with Crippen molar-refractivity contribution in [2.45, 2.75) is 2.14 Å². The van der Waals surface area contributed by atoms with Crippen molar-refractivity contribution in [2.75, 3.05) is 32.9 Å². The van der Waals surface area contributed by atoms with Crippen molar-refractivity contribution in [2.24, 2.45) is 0 Å². The number of hydrogen-bond acceptors (Lipinski definition) is 3. The third-order valence-corrected chi connectivity index (χ3v) is 4.86. The number of halogens is 4. The van der Waals surface area contributed by atoms with Crippen LogP contribution in [0.3, 0.4) is 0 Å². The summed E-state index contributed by atoms with van der Waals surface area (Å²) in [6, 6.07) is 0. The lowest BCUT2D eigenvalue weighted by molar-refractivity contribution is 0.0668. The number of nitrogens with zero attached hydrogens (tertiary/aromatic N) is 1. The fourth-order valence-electron chi connectivity index (χ4n) is 1.03. The van der Waals surface area contributed by atoms with E-state index >= 15 is 0 Å². The molecule has 1 aliphatic rings. The highest BCUT2D eigenvalue weighted by Crippen LogP contribution is 2.57. The van der Waals surface area contributed by atoms with Gasteiger partial charge in [0.1, 0.15) is 0 Å². The van der Waals surface area contributed by atoms with E-state index in [1.807, 2.05) is 0 Å².